The predicted molar refractivity (Wildman–Crippen MR) is 120 cm³/mol. The van der Waals surface area contributed by atoms with E-state index in [1.54, 1.807) is 12.1 Å². The number of hydrogen-bond acceptors (Lipinski definition) is 3. The number of rotatable bonds is 6. The number of ether oxygens (including phenoxy) is 1. The van der Waals surface area contributed by atoms with Crippen LogP contribution in [-0.2, 0) is 15.8 Å². The van der Waals surface area contributed by atoms with Crippen molar-refractivity contribution in [1.82, 2.24) is 0 Å². The van der Waals surface area contributed by atoms with Gasteiger partial charge in [-0.15, -0.1) is 0 Å². The summed E-state index contributed by atoms with van der Waals surface area (Å²) in [6.07, 6.45) is 0. The highest BCUT2D eigenvalue weighted by Gasteiger charge is 2.50. The van der Waals surface area contributed by atoms with Gasteiger partial charge >= 0.3 is 5.97 Å². The highest BCUT2D eigenvalue weighted by molar-refractivity contribution is 6.99. The minimum absolute atomic E-state index is 0.0678. The van der Waals surface area contributed by atoms with Crippen LogP contribution in [0.15, 0.2) is 84.9 Å². The maximum Gasteiger partial charge on any atom is 0.337 e. The lowest BCUT2D eigenvalue weighted by Crippen LogP contribution is -2.66. The second-order valence-corrected chi connectivity index (χ2v) is 12.4. The van der Waals surface area contributed by atoms with Gasteiger partial charge in [0.05, 0.1) is 19.3 Å². The molecule has 0 heterocycles. The molecule has 0 aliphatic heterocycles. The molecule has 0 atom stereocenters. The topological polar surface area (TPSA) is 35.5 Å². The van der Waals surface area contributed by atoms with Crippen molar-refractivity contribution in [3.63, 3.8) is 0 Å². The second kappa shape index (κ2) is 8.76. The minimum Gasteiger partial charge on any atom is -0.465 e. The third-order valence-corrected chi connectivity index (χ3v) is 10.2. The molecule has 0 saturated carbocycles. The van der Waals surface area contributed by atoms with Gasteiger partial charge in [0.25, 0.3) is 8.32 Å². The summed E-state index contributed by atoms with van der Waals surface area (Å²) in [5, 5.41) is 2.44. The Bertz CT molecular complexity index is 890. The molecule has 0 aliphatic carbocycles. The van der Waals surface area contributed by atoms with E-state index in [1.165, 1.54) is 17.5 Å². The maximum absolute atomic E-state index is 11.7. The Balaban J connectivity index is 2.01. The molecule has 3 aromatic rings. The van der Waals surface area contributed by atoms with Crippen molar-refractivity contribution >= 4 is 24.7 Å². The van der Waals surface area contributed by atoms with Crippen LogP contribution in [-0.4, -0.2) is 21.4 Å². The molecule has 0 spiro atoms. The fraction of sp³-hybridized carbons (Fsp3) is 0.240. The van der Waals surface area contributed by atoms with Crippen LogP contribution >= 0.6 is 0 Å². The van der Waals surface area contributed by atoms with E-state index in [0.717, 1.165) is 5.56 Å². The summed E-state index contributed by atoms with van der Waals surface area (Å²) < 4.78 is 11.7. The number of esters is 1. The zero-order chi connectivity index (χ0) is 20.9. The molecular formula is C25H28O3Si. The van der Waals surface area contributed by atoms with E-state index in [0.29, 0.717) is 12.2 Å². The summed E-state index contributed by atoms with van der Waals surface area (Å²) >= 11 is 0. The largest absolute Gasteiger partial charge is 0.465 e. The number of methoxy groups -OCH3 is 1. The second-order valence-electron chi connectivity index (χ2n) is 8.14. The molecule has 4 heteroatoms. The molecule has 0 N–H and O–H groups in total. The Kier molecular flexibility index (Phi) is 6.35. The van der Waals surface area contributed by atoms with E-state index < -0.39 is 8.32 Å². The van der Waals surface area contributed by atoms with Gasteiger partial charge in [-0.3, -0.25) is 0 Å². The van der Waals surface area contributed by atoms with Crippen LogP contribution < -0.4 is 10.4 Å². The van der Waals surface area contributed by atoms with Gasteiger partial charge in [-0.1, -0.05) is 93.6 Å². The fourth-order valence-electron chi connectivity index (χ4n) is 3.81. The standard InChI is InChI=1S/C25H28O3Si/c1-25(2,3)29(22-11-7-5-8-12-22,23-13-9-6-10-14-23)28-19-20-15-17-21(18-16-20)24(26)27-4/h5-18H,19H2,1-4H3. The Labute approximate surface area is 174 Å². The van der Waals surface area contributed by atoms with Gasteiger partial charge in [0.2, 0.25) is 0 Å². The highest BCUT2D eigenvalue weighted by Crippen LogP contribution is 2.37. The summed E-state index contributed by atoms with van der Waals surface area (Å²) in [7, 11) is -1.17. The Morgan fingerprint density at radius 3 is 1.69 bits per heavy atom. The van der Waals surface area contributed by atoms with Gasteiger partial charge in [-0.05, 0) is 33.1 Å². The molecule has 0 aromatic heterocycles. The first-order valence-electron chi connectivity index (χ1n) is 9.81. The quantitative estimate of drug-likeness (QED) is 0.447. The van der Waals surface area contributed by atoms with E-state index >= 15 is 0 Å². The molecule has 0 bridgehead atoms. The summed E-state index contributed by atoms with van der Waals surface area (Å²) in [5.74, 6) is -0.329. The average Bonchev–Trinajstić information content (AvgIpc) is 2.74. The normalized spacial score (nSPS) is 11.9. The molecule has 0 aliphatic rings. The van der Waals surface area contributed by atoms with Crippen molar-refractivity contribution in [3.8, 4) is 0 Å². The van der Waals surface area contributed by atoms with Gasteiger partial charge in [-0.2, -0.15) is 0 Å². The van der Waals surface area contributed by atoms with Crippen LogP contribution in [0.3, 0.4) is 0 Å². The van der Waals surface area contributed by atoms with Gasteiger partial charge in [0.1, 0.15) is 0 Å². The third-order valence-electron chi connectivity index (χ3n) is 5.25. The SMILES string of the molecule is COC(=O)c1ccc(CO[Si](c2ccccc2)(c2ccccc2)C(C)(C)C)cc1. The van der Waals surface area contributed by atoms with E-state index in [2.05, 4.69) is 69.3 Å². The summed E-state index contributed by atoms with van der Waals surface area (Å²) in [4.78, 5) is 11.7. The van der Waals surface area contributed by atoms with Crippen LogP contribution in [0.2, 0.25) is 5.04 Å². The Morgan fingerprint density at radius 1 is 0.793 bits per heavy atom. The summed E-state index contributed by atoms with van der Waals surface area (Å²) in [6.45, 7) is 7.27. The molecule has 0 saturated heterocycles. The number of hydrogen-bond donors (Lipinski definition) is 0. The first kappa shape index (κ1) is 21.0. The van der Waals surface area contributed by atoms with E-state index in [1.807, 2.05) is 24.3 Å². The van der Waals surface area contributed by atoms with E-state index in [-0.39, 0.29) is 11.0 Å². The molecule has 0 unspecified atom stereocenters. The van der Waals surface area contributed by atoms with Crippen molar-refractivity contribution in [2.24, 2.45) is 0 Å². The van der Waals surface area contributed by atoms with Crippen LogP contribution in [0.25, 0.3) is 0 Å². The molecule has 3 aromatic carbocycles. The van der Waals surface area contributed by atoms with Crippen molar-refractivity contribution in [2.75, 3.05) is 7.11 Å². The molecule has 150 valence electrons. The van der Waals surface area contributed by atoms with Gasteiger partial charge in [0.15, 0.2) is 0 Å². The molecular weight excluding hydrogens is 376 g/mol. The molecule has 3 rings (SSSR count). The van der Waals surface area contributed by atoms with Gasteiger partial charge in [-0.25, -0.2) is 4.79 Å². The fourth-order valence-corrected chi connectivity index (χ4v) is 8.35. The Hall–Kier alpha value is -2.69. The lowest BCUT2D eigenvalue weighted by Gasteiger charge is -2.43. The van der Waals surface area contributed by atoms with E-state index in [9.17, 15) is 4.79 Å². The summed E-state index contributed by atoms with van der Waals surface area (Å²) in [5.41, 5.74) is 1.58. The maximum atomic E-state index is 11.7. The van der Waals surface area contributed by atoms with E-state index in [4.69, 9.17) is 9.16 Å². The molecule has 29 heavy (non-hydrogen) atoms. The Morgan fingerprint density at radius 2 is 1.28 bits per heavy atom. The highest BCUT2D eigenvalue weighted by atomic mass is 28.4. The lowest BCUT2D eigenvalue weighted by molar-refractivity contribution is 0.0600. The zero-order valence-corrected chi connectivity index (χ0v) is 18.5. The third kappa shape index (κ3) is 4.34. The van der Waals surface area contributed by atoms with Crippen molar-refractivity contribution in [2.45, 2.75) is 32.4 Å². The van der Waals surface area contributed by atoms with Crippen molar-refractivity contribution in [3.05, 3.63) is 96.1 Å². The summed E-state index contributed by atoms with van der Waals surface area (Å²) in [6, 6.07) is 28.6. The van der Waals surface area contributed by atoms with Crippen LogP contribution in [0.5, 0.6) is 0 Å². The van der Waals surface area contributed by atoms with Crippen molar-refractivity contribution < 1.29 is 14.0 Å². The number of carbonyl (C=O) groups is 1. The first-order chi connectivity index (χ1) is 13.9. The first-order valence-corrected chi connectivity index (χ1v) is 11.7. The van der Waals surface area contributed by atoms with Crippen LogP contribution in [0.4, 0.5) is 0 Å². The molecule has 3 nitrogen and oxygen atoms in total. The van der Waals surface area contributed by atoms with Crippen LogP contribution in [0.1, 0.15) is 36.7 Å². The molecule has 0 amide bonds. The lowest BCUT2D eigenvalue weighted by atomic mass is 10.1. The molecule has 0 fully saturated rings. The monoisotopic (exact) mass is 404 g/mol. The average molecular weight is 405 g/mol. The number of benzene rings is 3. The van der Waals surface area contributed by atoms with Gasteiger partial charge < -0.3 is 9.16 Å². The number of carbonyl (C=O) groups excluding carboxylic acids is 1. The minimum atomic E-state index is -2.57. The van der Waals surface area contributed by atoms with Gasteiger partial charge in [0, 0.05) is 0 Å². The zero-order valence-electron chi connectivity index (χ0n) is 17.5. The smallest absolute Gasteiger partial charge is 0.337 e. The predicted octanol–water partition coefficient (Wildman–Crippen LogP) is 4.55. The molecule has 0 radical (unpaired) electrons. The van der Waals surface area contributed by atoms with Crippen LogP contribution in [0, 0.1) is 0 Å². The van der Waals surface area contributed by atoms with Crippen molar-refractivity contribution in [1.29, 1.82) is 0 Å².